The summed E-state index contributed by atoms with van der Waals surface area (Å²) in [5.41, 5.74) is 0.275. The molecule has 0 aliphatic carbocycles. The van der Waals surface area contributed by atoms with Gasteiger partial charge in [-0.15, -0.1) is 13.2 Å². The molecule has 3 rings (SSSR count). The van der Waals surface area contributed by atoms with E-state index in [1.807, 2.05) is 0 Å². The summed E-state index contributed by atoms with van der Waals surface area (Å²) in [6.07, 6.45) is -3.72. The molecule has 3 aromatic rings. The highest BCUT2D eigenvalue weighted by Crippen LogP contribution is 2.34. The number of aromatic nitrogens is 2. The third-order valence-electron chi connectivity index (χ3n) is 3.44. The minimum absolute atomic E-state index is 0.0909. The Kier molecular flexibility index (Phi) is 5.69. The number of halogens is 4. The van der Waals surface area contributed by atoms with E-state index < -0.39 is 22.7 Å². The van der Waals surface area contributed by atoms with Crippen molar-refractivity contribution in [1.29, 1.82) is 0 Å². The molecule has 0 aliphatic rings. The Balaban J connectivity index is 1.87. The molecular formula is C17H11ClF3N5O3. The Morgan fingerprint density at radius 3 is 2.17 bits per heavy atom. The van der Waals surface area contributed by atoms with Gasteiger partial charge in [-0.05, 0) is 42.5 Å². The number of anilines is 4. The SMILES string of the molecule is O=[N+]([O-])c1c(Nc2ccc(OC(F)(F)F)cc2)ncnc1Nc1cccc(Cl)c1. The first-order valence-corrected chi connectivity index (χ1v) is 8.24. The van der Waals surface area contributed by atoms with E-state index in [0.717, 1.165) is 18.5 Å². The van der Waals surface area contributed by atoms with Gasteiger partial charge < -0.3 is 15.4 Å². The number of alkyl halides is 3. The number of ether oxygens (including phenoxy) is 1. The first-order chi connectivity index (χ1) is 13.7. The summed E-state index contributed by atoms with van der Waals surface area (Å²) in [6, 6.07) is 11.1. The third-order valence-corrected chi connectivity index (χ3v) is 3.68. The molecule has 0 bridgehead atoms. The van der Waals surface area contributed by atoms with Crippen LogP contribution in [0.15, 0.2) is 54.9 Å². The van der Waals surface area contributed by atoms with Crippen molar-refractivity contribution in [1.82, 2.24) is 9.97 Å². The van der Waals surface area contributed by atoms with Gasteiger partial charge >= 0.3 is 12.0 Å². The highest BCUT2D eigenvalue weighted by molar-refractivity contribution is 6.30. The van der Waals surface area contributed by atoms with Gasteiger partial charge in [-0.25, -0.2) is 9.97 Å². The highest BCUT2D eigenvalue weighted by Gasteiger charge is 2.31. The molecule has 0 spiro atoms. The Morgan fingerprint density at radius 1 is 1.00 bits per heavy atom. The first-order valence-electron chi connectivity index (χ1n) is 7.86. The Morgan fingerprint density at radius 2 is 1.62 bits per heavy atom. The van der Waals surface area contributed by atoms with Gasteiger partial charge in [0.05, 0.1) is 4.92 Å². The predicted octanol–water partition coefficient (Wildman–Crippen LogP) is 5.42. The van der Waals surface area contributed by atoms with Crippen molar-refractivity contribution in [3.8, 4) is 5.75 Å². The van der Waals surface area contributed by atoms with E-state index in [9.17, 15) is 23.3 Å². The molecule has 0 atom stereocenters. The van der Waals surface area contributed by atoms with Crippen LogP contribution in [0.3, 0.4) is 0 Å². The quantitative estimate of drug-likeness (QED) is 0.401. The summed E-state index contributed by atoms with van der Waals surface area (Å²) in [6.45, 7) is 0. The molecule has 0 saturated carbocycles. The molecule has 2 aromatic carbocycles. The van der Waals surface area contributed by atoms with E-state index in [1.54, 1.807) is 24.3 Å². The molecule has 0 aliphatic heterocycles. The van der Waals surface area contributed by atoms with Crippen LogP contribution in [0.5, 0.6) is 5.75 Å². The van der Waals surface area contributed by atoms with E-state index in [-0.39, 0.29) is 17.3 Å². The van der Waals surface area contributed by atoms with Crippen molar-refractivity contribution in [2.24, 2.45) is 0 Å². The molecule has 0 saturated heterocycles. The zero-order valence-corrected chi connectivity index (χ0v) is 15.0. The molecule has 0 fully saturated rings. The second-order valence-electron chi connectivity index (χ2n) is 5.51. The maximum absolute atomic E-state index is 12.2. The smallest absolute Gasteiger partial charge is 0.406 e. The van der Waals surface area contributed by atoms with E-state index in [1.165, 1.54) is 12.1 Å². The Bertz CT molecular complexity index is 1030. The molecule has 150 valence electrons. The van der Waals surface area contributed by atoms with Crippen LogP contribution >= 0.6 is 11.6 Å². The topological polar surface area (TPSA) is 102 Å². The summed E-state index contributed by atoms with van der Waals surface area (Å²) < 4.78 is 40.5. The summed E-state index contributed by atoms with van der Waals surface area (Å²) >= 11 is 5.91. The fourth-order valence-electron chi connectivity index (χ4n) is 2.31. The molecule has 12 heteroatoms. The monoisotopic (exact) mass is 425 g/mol. The number of hydrogen-bond donors (Lipinski definition) is 2. The van der Waals surface area contributed by atoms with Gasteiger partial charge in [0.25, 0.3) is 0 Å². The van der Waals surface area contributed by atoms with Crippen molar-refractivity contribution < 1.29 is 22.8 Å². The lowest BCUT2D eigenvalue weighted by Gasteiger charge is -2.11. The third kappa shape index (κ3) is 5.45. The van der Waals surface area contributed by atoms with Crippen LogP contribution < -0.4 is 15.4 Å². The number of benzene rings is 2. The molecule has 0 radical (unpaired) electrons. The van der Waals surface area contributed by atoms with Crippen molar-refractivity contribution in [3.05, 3.63) is 70.0 Å². The molecule has 1 heterocycles. The zero-order chi connectivity index (χ0) is 21.0. The molecule has 2 N–H and O–H groups in total. The van der Waals surface area contributed by atoms with Crippen molar-refractivity contribution in [3.63, 3.8) is 0 Å². The summed E-state index contributed by atoms with van der Waals surface area (Å²) in [7, 11) is 0. The van der Waals surface area contributed by atoms with E-state index in [0.29, 0.717) is 10.7 Å². The predicted molar refractivity (Wildman–Crippen MR) is 99.8 cm³/mol. The van der Waals surface area contributed by atoms with Crippen LogP contribution in [0.4, 0.5) is 41.9 Å². The molecule has 0 amide bonds. The van der Waals surface area contributed by atoms with Crippen LogP contribution in [-0.4, -0.2) is 21.3 Å². The van der Waals surface area contributed by atoms with Crippen LogP contribution in [0.1, 0.15) is 0 Å². The van der Waals surface area contributed by atoms with Gasteiger partial charge in [0, 0.05) is 16.4 Å². The average molecular weight is 426 g/mol. The standard InChI is InChI=1S/C17H11ClF3N5O3/c18-10-2-1-3-12(8-10)25-16-14(26(27)28)15(22-9-23-16)24-11-4-6-13(7-5-11)29-17(19,20)21/h1-9H,(H2,22,23,24,25). The van der Waals surface area contributed by atoms with Crippen molar-refractivity contribution in [2.45, 2.75) is 6.36 Å². The fraction of sp³-hybridized carbons (Fsp3) is 0.0588. The largest absolute Gasteiger partial charge is 0.573 e. The summed E-state index contributed by atoms with van der Waals surface area (Å²) in [5.74, 6) is -0.672. The zero-order valence-electron chi connectivity index (χ0n) is 14.3. The van der Waals surface area contributed by atoms with E-state index in [2.05, 4.69) is 25.3 Å². The van der Waals surface area contributed by atoms with E-state index >= 15 is 0 Å². The van der Waals surface area contributed by atoms with Crippen LogP contribution in [0, 0.1) is 10.1 Å². The van der Waals surface area contributed by atoms with Gasteiger partial charge in [-0.1, -0.05) is 17.7 Å². The number of hydrogen-bond acceptors (Lipinski definition) is 7. The highest BCUT2D eigenvalue weighted by atomic mass is 35.5. The molecular weight excluding hydrogens is 415 g/mol. The minimum Gasteiger partial charge on any atom is -0.406 e. The molecule has 29 heavy (non-hydrogen) atoms. The van der Waals surface area contributed by atoms with Crippen LogP contribution in [-0.2, 0) is 0 Å². The van der Waals surface area contributed by atoms with Crippen molar-refractivity contribution >= 4 is 40.3 Å². The van der Waals surface area contributed by atoms with Crippen LogP contribution in [0.2, 0.25) is 5.02 Å². The lowest BCUT2D eigenvalue weighted by molar-refractivity contribution is -0.383. The molecule has 1 aromatic heterocycles. The van der Waals surface area contributed by atoms with Crippen molar-refractivity contribution in [2.75, 3.05) is 10.6 Å². The second-order valence-corrected chi connectivity index (χ2v) is 5.95. The Labute approximate surface area is 166 Å². The number of nitro groups is 1. The van der Waals surface area contributed by atoms with E-state index in [4.69, 9.17) is 11.6 Å². The van der Waals surface area contributed by atoms with Gasteiger partial charge in [0.1, 0.15) is 12.1 Å². The normalized spacial score (nSPS) is 11.0. The lowest BCUT2D eigenvalue weighted by Crippen LogP contribution is -2.17. The van der Waals surface area contributed by atoms with Gasteiger partial charge in [0.2, 0.25) is 11.6 Å². The van der Waals surface area contributed by atoms with Crippen LogP contribution in [0.25, 0.3) is 0 Å². The summed E-state index contributed by atoms with van der Waals surface area (Å²) in [4.78, 5) is 18.6. The maximum atomic E-state index is 12.2. The van der Waals surface area contributed by atoms with Gasteiger partial charge in [-0.3, -0.25) is 10.1 Å². The Hall–Kier alpha value is -3.60. The second kappa shape index (κ2) is 8.19. The number of nitrogens with zero attached hydrogens (tertiary/aromatic N) is 3. The number of nitrogens with one attached hydrogen (secondary N) is 2. The molecule has 0 unspecified atom stereocenters. The lowest BCUT2D eigenvalue weighted by atomic mass is 10.3. The maximum Gasteiger partial charge on any atom is 0.573 e. The molecule has 8 nitrogen and oxygen atoms in total. The van der Waals surface area contributed by atoms with Gasteiger partial charge in [0.15, 0.2) is 0 Å². The minimum atomic E-state index is -4.82. The average Bonchev–Trinajstić information content (AvgIpc) is 2.62. The summed E-state index contributed by atoms with van der Waals surface area (Å²) in [5, 5.41) is 17.5. The van der Waals surface area contributed by atoms with Gasteiger partial charge in [-0.2, -0.15) is 0 Å². The fourth-order valence-corrected chi connectivity index (χ4v) is 2.50. The first kappa shape index (κ1) is 20.1. The number of rotatable bonds is 6.